The molecule has 0 bridgehead atoms. The number of nitrogens with one attached hydrogen (secondary N) is 1. The fourth-order valence-electron chi connectivity index (χ4n) is 1.47. The fourth-order valence-corrected chi connectivity index (χ4v) is 1.47. The van der Waals surface area contributed by atoms with Gasteiger partial charge in [0.15, 0.2) is 6.29 Å². The molecular formula is C8H15NO4. The number of ether oxygens (including phenoxy) is 1. The fraction of sp³-hybridized carbons (Fsp3) is 0.875. The van der Waals surface area contributed by atoms with E-state index < -0.39 is 24.5 Å². The Kier molecular flexibility index (Phi) is 3.24. The Bertz CT molecular complexity index is 197. The van der Waals surface area contributed by atoms with Gasteiger partial charge in [-0.05, 0) is 6.92 Å². The quantitative estimate of drug-likeness (QED) is 0.493. The van der Waals surface area contributed by atoms with Crippen molar-refractivity contribution < 1.29 is 19.7 Å². The Morgan fingerprint density at radius 1 is 1.54 bits per heavy atom. The van der Waals surface area contributed by atoms with Crippen LogP contribution in [-0.4, -0.2) is 40.7 Å². The molecule has 0 saturated carbocycles. The number of carbonyl (C=O) groups excluding carboxylic acids is 1. The van der Waals surface area contributed by atoms with Crippen LogP contribution in [0.3, 0.4) is 0 Å². The van der Waals surface area contributed by atoms with E-state index in [1.165, 1.54) is 6.92 Å². The second-order valence-corrected chi connectivity index (χ2v) is 3.33. The monoisotopic (exact) mass is 189 g/mol. The lowest BCUT2D eigenvalue weighted by Crippen LogP contribution is -2.54. The molecule has 4 atom stereocenters. The lowest BCUT2D eigenvalue weighted by atomic mass is 10.00. The molecule has 76 valence electrons. The van der Waals surface area contributed by atoms with Crippen LogP contribution in [0.15, 0.2) is 0 Å². The Morgan fingerprint density at radius 2 is 2.15 bits per heavy atom. The van der Waals surface area contributed by atoms with Gasteiger partial charge in [0.05, 0.1) is 12.1 Å². The maximum absolute atomic E-state index is 10.7. The predicted octanol–water partition coefficient (Wildman–Crippen LogP) is -1.02. The maximum Gasteiger partial charge on any atom is 0.217 e. The van der Waals surface area contributed by atoms with E-state index in [1.54, 1.807) is 6.92 Å². The Labute approximate surface area is 76.7 Å². The molecule has 0 spiro atoms. The summed E-state index contributed by atoms with van der Waals surface area (Å²) in [7, 11) is 0. The Hall–Kier alpha value is -0.650. The number of rotatable bonds is 1. The van der Waals surface area contributed by atoms with Gasteiger partial charge in [-0.3, -0.25) is 4.79 Å². The third kappa shape index (κ3) is 2.65. The first kappa shape index (κ1) is 10.4. The first-order valence-electron chi connectivity index (χ1n) is 4.29. The van der Waals surface area contributed by atoms with Gasteiger partial charge in [-0.15, -0.1) is 0 Å². The molecule has 1 fully saturated rings. The third-order valence-corrected chi connectivity index (χ3v) is 2.11. The van der Waals surface area contributed by atoms with Gasteiger partial charge in [0, 0.05) is 13.3 Å². The van der Waals surface area contributed by atoms with E-state index in [4.69, 9.17) is 4.74 Å². The summed E-state index contributed by atoms with van der Waals surface area (Å²) in [4.78, 5) is 10.7. The van der Waals surface area contributed by atoms with E-state index in [-0.39, 0.29) is 12.3 Å². The minimum Gasteiger partial charge on any atom is -0.388 e. The molecule has 0 aromatic rings. The third-order valence-electron chi connectivity index (χ3n) is 2.11. The topological polar surface area (TPSA) is 78.8 Å². The molecule has 1 rings (SSSR count). The Balaban J connectivity index is 2.55. The summed E-state index contributed by atoms with van der Waals surface area (Å²) in [5.74, 6) is -0.217. The normalized spacial score (nSPS) is 40.0. The molecule has 0 unspecified atom stereocenters. The second-order valence-electron chi connectivity index (χ2n) is 3.33. The van der Waals surface area contributed by atoms with Gasteiger partial charge < -0.3 is 20.3 Å². The largest absolute Gasteiger partial charge is 0.388 e. The minimum absolute atomic E-state index is 0.217. The molecular weight excluding hydrogens is 174 g/mol. The Morgan fingerprint density at radius 3 is 2.69 bits per heavy atom. The molecule has 1 amide bonds. The average Bonchev–Trinajstić information content (AvgIpc) is 1.98. The molecule has 13 heavy (non-hydrogen) atoms. The van der Waals surface area contributed by atoms with Crippen molar-refractivity contribution in [2.75, 3.05) is 0 Å². The second kappa shape index (κ2) is 4.04. The highest BCUT2D eigenvalue weighted by molar-refractivity contribution is 5.73. The number of aliphatic hydroxyl groups excluding tert-OH is 2. The summed E-state index contributed by atoms with van der Waals surface area (Å²) < 4.78 is 4.96. The maximum atomic E-state index is 10.7. The highest BCUT2D eigenvalue weighted by Crippen LogP contribution is 2.18. The summed E-state index contributed by atoms with van der Waals surface area (Å²) in [5.41, 5.74) is 0. The van der Waals surface area contributed by atoms with Crippen molar-refractivity contribution in [1.29, 1.82) is 0 Å². The number of carbonyl (C=O) groups is 1. The molecule has 0 aromatic heterocycles. The number of amides is 1. The van der Waals surface area contributed by atoms with Gasteiger partial charge in [-0.25, -0.2) is 0 Å². The van der Waals surface area contributed by atoms with Crippen LogP contribution in [-0.2, 0) is 9.53 Å². The van der Waals surface area contributed by atoms with Crippen molar-refractivity contribution in [3.05, 3.63) is 0 Å². The van der Waals surface area contributed by atoms with Gasteiger partial charge in [0.1, 0.15) is 6.10 Å². The number of aliphatic hydroxyl groups is 2. The molecule has 1 heterocycles. The zero-order valence-electron chi connectivity index (χ0n) is 7.73. The van der Waals surface area contributed by atoms with Gasteiger partial charge in [-0.2, -0.15) is 0 Å². The molecule has 3 N–H and O–H groups in total. The van der Waals surface area contributed by atoms with Crippen molar-refractivity contribution >= 4 is 5.91 Å². The molecule has 0 aromatic carbocycles. The van der Waals surface area contributed by atoms with E-state index in [2.05, 4.69) is 5.32 Å². The SMILES string of the molecule is CC(=O)N[C@H]1C[C@H](O)O[C@@H](C)[C@@H]1O. The zero-order chi connectivity index (χ0) is 10.0. The van der Waals surface area contributed by atoms with Crippen LogP contribution in [0.25, 0.3) is 0 Å². The van der Waals surface area contributed by atoms with E-state index >= 15 is 0 Å². The van der Waals surface area contributed by atoms with Crippen molar-refractivity contribution in [2.24, 2.45) is 0 Å². The van der Waals surface area contributed by atoms with Crippen LogP contribution >= 0.6 is 0 Å². The molecule has 1 saturated heterocycles. The van der Waals surface area contributed by atoms with Gasteiger partial charge in [0.2, 0.25) is 5.91 Å². The summed E-state index contributed by atoms with van der Waals surface area (Å²) in [5, 5.41) is 21.3. The lowest BCUT2D eigenvalue weighted by molar-refractivity contribution is -0.202. The van der Waals surface area contributed by atoms with Crippen molar-refractivity contribution in [3.63, 3.8) is 0 Å². The van der Waals surface area contributed by atoms with Gasteiger partial charge in [0.25, 0.3) is 0 Å². The molecule has 1 aliphatic heterocycles. The summed E-state index contributed by atoms with van der Waals surface area (Å²) >= 11 is 0. The van der Waals surface area contributed by atoms with Gasteiger partial charge in [-0.1, -0.05) is 0 Å². The number of hydrogen-bond donors (Lipinski definition) is 3. The van der Waals surface area contributed by atoms with Crippen LogP contribution in [0.5, 0.6) is 0 Å². The molecule has 0 aliphatic carbocycles. The van der Waals surface area contributed by atoms with Crippen LogP contribution in [0.1, 0.15) is 20.3 Å². The smallest absolute Gasteiger partial charge is 0.217 e. The van der Waals surface area contributed by atoms with Crippen LogP contribution in [0, 0.1) is 0 Å². The summed E-state index contributed by atoms with van der Waals surface area (Å²) in [6.07, 6.45) is -1.89. The van der Waals surface area contributed by atoms with Crippen LogP contribution in [0.2, 0.25) is 0 Å². The average molecular weight is 189 g/mol. The van der Waals surface area contributed by atoms with Crippen molar-refractivity contribution in [3.8, 4) is 0 Å². The van der Waals surface area contributed by atoms with E-state index in [9.17, 15) is 15.0 Å². The molecule has 5 nitrogen and oxygen atoms in total. The zero-order valence-corrected chi connectivity index (χ0v) is 7.73. The highest BCUT2D eigenvalue weighted by atomic mass is 16.6. The van der Waals surface area contributed by atoms with E-state index in [0.29, 0.717) is 0 Å². The summed E-state index contributed by atoms with van der Waals surface area (Å²) in [6.45, 7) is 3.03. The lowest BCUT2D eigenvalue weighted by Gasteiger charge is -2.35. The molecule has 5 heteroatoms. The standard InChI is InChI=1S/C8H15NO4/c1-4-8(12)6(9-5(2)10)3-7(11)13-4/h4,6-8,11-12H,3H2,1-2H3,(H,9,10)/t4-,6-,7+,8-/m0/s1. The highest BCUT2D eigenvalue weighted by Gasteiger charge is 2.34. The first-order valence-corrected chi connectivity index (χ1v) is 4.29. The van der Waals surface area contributed by atoms with E-state index in [1.807, 2.05) is 0 Å². The van der Waals surface area contributed by atoms with E-state index in [0.717, 1.165) is 0 Å². The van der Waals surface area contributed by atoms with Crippen molar-refractivity contribution in [1.82, 2.24) is 5.32 Å². The van der Waals surface area contributed by atoms with Crippen molar-refractivity contribution in [2.45, 2.75) is 44.8 Å². The first-order chi connectivity index (χ1) is 6.00. The predicted molar refractivity (Wildman–Crippen MR) is 44.8 cm³/mol. The number of hydrogen-bond acceptors (Lipinski definition) is 4. The minimum atomic E-state index is -0.907. The summed E-state index contributed by atoms with van der Waals surface area (Å²) in [6, 6.07) is -0.420. The van der Waals surface area contributed by atoms with Crippen LogP contribution in [0.4, 0.5) is 0 Å². The van der Waals surface area contributed by atoms with Crippen LogP contribution < -0.4 is 5.32 Å². The van der Waals surface area contributed by atoms with Gasteiger partial charge >= 0.3 is 0 Å². The molecule has 0 radical (unpaired) electrons. The molecule has 1 aliphatic rings.